The maximum Gasteiger partial charge on any atom is 0.316 e. The van der Waals surface area contributed by atoms with Crippen molar-refractivity contribution in [3.8, 4) is 6.01 Å². The molecule has 1 unspecified atom stereocenters. The molecule has 2 aromatic rings. The molecule has 10 heteroatoms. The van der Waals surface area contributed by atoms with Gasteiger partial charge < -0.3 is 10.1 Å². The van der Waals surface area contributed by atoms with Gasteiger partial charge in [0.1, 0.15) is 6.10 Å². The molecule has 1 N–H and O–H groups in total. The molecule has 1 atom stereocenters. The minimum atomic E-state index is -3.74. The summed E-state index contributed by atoms with van der Waals surface area (Å²) in [6.45, 7) is 3.96. The van der Waals surface area contributed by atoms with Crippen LogP contribution in [0.25, 0.3) is 0 Å². The summed E-state index contributed by atoms with van der Waals surface area (Å²) in [6.07, 6.45) is 3.19. The number of carbonyl (C=O) groups excluding carboxylic acids is 1. The highest BCUT2D eigenvalue weighted by Crippen LogP contribution is 2.26. The maximum atomic E-state index is 13.1. The van der Waals surface area contributed by atoms with E-state index < -0.39 is 21.9 Å². The predicted molar refractivity (Wildman–Crippen MR) is 104 cm³/mol. The van der Waals surface area contributed by atoms with Crippen LogP contribution in [0.4, 0.5) is 10.1 Å². The lowest BCUT2D eigenvalue weighted by Crippen LogP contribution is -2.44. The Hall–Kier alpha value is -2.59. The number of aryl methyl sites for hydroxylation is 1. The molecule has 8 nitrogen and oxygen atoms in total. The van der Waals surface area contributed by atoms with E-state index in [0.29, 0.717) is 37.1 Å². The molecular formula is C19H23FN4O4S. The first-order valence-corrected chi connectivity index (χ1v) is 10.8. The number of benzene rings is 1. The number of rotatable bonds is 6. The van der Waals surface area contributed by atoms with E-state index in [0.717, 1.165) is 12.4 Å². The van der Waals surface area contributed by atoms with Crippen molar-refractivity contribution >= 4 is 21.6 Å². The van der Waals surface area contributed by atoms with Crippen molar-refractivity contribution in [3.63, 3.8) is 0 Å². The fourth-order valence-corrected chi connectivity index (χ4v) is 4.85. The van der Waals surface area contributed by atoms with Crippen LogP contribution in [0.3, 0.4) is 0 Å². The summed E-state index contributed by atoms with van der Waals surface area (Å²) in [7, 11) is -3.74. The lowest BCUT2D eigenvalue weighted by Gasteiger charge is -2.31. The average molecular weight is 422 g/mol. The van der Waals surface area contributed by atoms with Crippen LogP contribution in [0.15, 0.2) is 35.5 Å². The predicted octanol–water partition coefficient (Wildman–Crippen LogP) is 2.50. The molecule has 1 aliphatic heterocycles. The number of nitrogens with one attached hydrogen (secondary N) is 1. The molecule has 0 spiro atoms. The van der Waals surface area contributed by atoms with Crippen molar-refractivity contribution in [1.29, 1.82) is 0 Å². The van der Waals surface area contributed by atoms with Crippen molar-refractivity contribution < 1.29 is 22.3 Å². The Morgan fingerprint density at radius 1 is 1.34 bits per heavy atom. The van der Waals surface area contributed by atoms with Gasteiger partial charge in [0.25, 0.3) is 0 Å². The summed E-state index contributed by atoms with van der Waals surface area (Å²) in [6, 6.07) is 4.74. The fraction of sp³-hybridized carbons (Fsp3) is 0.421. The van der Waals surface area contributed by atoms with E-state index in [1.807, 2.05) is 0 Å². The monoisotopic (exact) mass is 422 g/mol. The van der Waals surface area contributed by atoms with Crippen LogP contribution in [-0.2, 0) is 14.8 Å². The molecule has 1 aromatic heterocycles. The minimum absolute atomic E-state index is 0.0165. The van der Waals surface area contributed by atoms with Crippen LogP contribution in [0.5, 0.6) is 6.01 Å². The molecule has 1 aliphatic rings. The number of anilines is 1. The molecule has 1 amide bonds. The van der Waals surface area contributed by atoms with Crippen LogP contribution >= 0.6 is 0 Å². The fourth-order valence-electron chi connectivity index (χ4n) is 3.13. The lowest BCUT2D eigenvalue weighted by molar-refractivity contribution is -0.115. The zero-order valence-corrected chi connectivity index (χ0v) is 17.1. The third-order valence-electron chi connectivity index (χ3n) is 4.61. The SMILES string of the molecule is CCC(=O)Nc1ccc(S(=O)(=O)N2CCCC(Oc3ncc(F)cn3)C2)c(C)c1. The van der Waals surface area contributed by atoms with Gasteiger partial charge in [-0.05, 0) is 43.5 Å². The molecule has 2 heterocycles. The Bertz CT molecular complexity index is 982. The van der Waals surface area contributed by atoms with Crippen LogP contribution in [0.1, 0.15) is 31.7 Å². The molecule has 156 valence electrons. The molecule has 0 radical (unpaired) electrons. The molecule has 3 rings (SSSR count). The van der Waals surface area contributed by atoms with Gasteiger partial charge in [0.15, 0.2) is 5.82 Å². The number of nitrogens with zero attached hydrogens (tertiary/aromatic N) is 3. The summed E-state index contributed by atoms with van der Waals surface area (Å²) in [5.41, 5.74) is 1.10. The first-order valence-electron chi connectivity index (χ1n) is 9.34. The Morgan fingerprint density at radius 3 is 2.72 bits per heavy atom. The lowest BCUT2D eigenvalue weighted by atomic mass is 10.1. The summed E-state index contributed by atoms with van der Waals surface area (Å²) in [5.74, 6) is -0.710. The number of ether oxygens (including phenoxy) is 1. The van der Waals surface area contributed by atoms with Gasteiger partial charge in [0.05, 0.1) is 23.8 Å². The number of aromatic nitrogens is 2. The van der Waals surface area contributed by atoms with Gasteiger partial charge in [-0.25, -0.2) is 22.8 Å². The molecule has 29 heavy (non-hydrogen) atoms. The molecule has 1 aromatic carbocycles. The first-order chi connectivity index (χ1) is 13.8. The summed E-state index contributed by atoms with van der Waals surface area (Å²) in [4.78, 5) is 19.3. The van der Waals surface area contributed by atoms with Gasteiger partial charge in [-0.2, -0.15) is 4.31 Å². The number of halogens is 1. The van der Waals surface area contributed by atoms with Crippen LogP contribution in [-0.4, -0.2) is 47.8 Å². The highest BCUT2D eigenvalue weighted by Gasteiger charge is 2.32. The van der Waals surface area contributed by atoms with Gasteiger partial charge in [-0.1, -0.05) is 6.92 Å². The van der Waals surface area contributed by atoms with Crippen molar-refractivity contribution in [2.75, 3.05) is 18.4 Å². The summed E-state index contributed by atoms with van der Waals surface area (Å²) in [5, 5.41) is 2.72. The highest BCUT2D eigenvalue weighted by atomic mass is 32.2. The molecule has 1 saturated heterocycles. The standard InChI is InChI=1S/C19H23FN4O4S/c1-3-18(25)23-15-6-7-17(13(2)9-15)29(26,27)24-8-4-5-16(12-24)28-19-21-10-14(20)11-22-19/h6-7,9-11,16H,3-5,8,12H2,1-2H3,(H,23,25). The van der Waals surface area contributed by atoms with Crippen LogP contribution < -0.4 is 10.1 Å². The second-order valence-corrected chi connectivity index (χ2v) is 8.72. The number of piperidine rings is 1. The average Bonchev–Trinajstić information content (AvgIpc) is 2.70. The second kappa shape index (κ2) is 8.83. The van der Waals surface area contributed by atoms with Crippen molar-refractivity contribution in [2.24, 2.45) is 0 Å². The van der Waals surface area contributed by atoms with E-state index in [9.17, 15) is 17.6 Å². The second-order valence-electron chi connectivity index (χ2n) is 6.81. The molecule has 0 saturated carbocycles. The zero-order valence-electron chi connectivity index (χ0n) is 16.3. The number of hydrogen-bond donors (Lipinski definition) is 1. The number of hydrogen-bond acceptors (Lipinski definition) is 6. The number of sulfonamides is 1. The Kier molecular flexibility index (Phi) is 6.43. The van der Waals surface area contributed by atoms with E-state index in [1.165, 1.54) is 10.4 Å². The highest BCUT2D eigenvalue weighted by molar-refractivity contribution is 7.89. The van der Waals surface area contributed by atoms with Gasteiger partial charge in [-0.15, -0.1) is 0 Å². The quantitative estimate of drug-likeness (QED) is 0.768. The number of amides is 1. The number of carbonyl (C=O) groups is 1. The summed E-state index contributed by atoms with van der Waals surface area (Å²) >= 11 is 0. The Balaban J connectivity index is 1.74. The van der Waals surface area contributed by atoms with Gasteiger partial charge in [0.2, 0.25) is 15.9 Å². The van der Waals surface area contributed by atoms with E-state index in [-0.39, 0.29) is 23.4 Å². The van der Waals surface area contributed by atoms with Gasteiger partial charge >= 0.3 is 6.01 Å². The van der Waals surface area contributed by atoms with Crippen LogP contribution in [0, 0.1) is 12.7 Å². The molecule has 0 bridgehead atoms. The zero-order chi connectivity index (χ0) is 21.0. The Labute approximate surface area is 169 Å². The normalized spacial score (nSPS) is 17.7. The molecule has 0 aliphatic carbocycles. The molecule has 1 fully saturated rings. The smallest absolute Gasteiger partial charge is 0.316 e. The van der Waals surface area contributed by atoms with E-state index >= 15 is 0 Å². The third kappa shape index (κ3) is 5.07. The summed E-state index contributed by atoms with van der Waals surface area (Å²) < 4.78 is 46.2. The Morgan fingerprint density at radius 2 is 2.07 bits per heavy atom. The van der Waals surface area contributed by atoms with Gasteiger partial charge in [-0.3, -0.25) is 4.79 Å². The first kappa shape index (κ1) is 21.1. The van der Waals surface area contributed by atoms with Crippen LogP contribution in [0.2, 0.25) is 0 Å². The topological polar surface area (TPSA) is 101 Å². The van der Waals surface area contributed by atoms with Crippen molar-refractivity contribution in [1.82, 2.24) is 14.3 Å². The van der Waals surface area contributed by atoms with Gasteiger partial charge in [0, 0.05) is 18.7 Å². The van der Waals surface area contributed by atoms with Crippen molar-refractivity contribution in [2.45, 2.75) is 44.1 Å². The molecular weight excluding hydrogens is 399 g/mol. The van der Waals surface area contributed by atoms with E-state index in [1.54, 1.807) is 26.0 Å². The third-order valence-corrected chi connectivity index (χ3v) is 6.63. The minimum Gasteiger partial charge on any atom is -0.459 e. The largest absolute Gasteiger partial charge is 0.459 e. The van der Waals surface area contributed by atoms with E-state index in [2.05, 4.69) is 15.3 Å². The van der Waals surface area contributed by atoms with Crippen molar-refractivity contribution in [3.05, 3.63) is 42.0 Å². The maximum absolute atomic E-state index is 13.1. The van der Waals surface area contributed by atoms with E-state index in [4.69, 9.17) is 4.74 Å².